The minimum atomic E-state index is -1.05. The second-order valence-electron chi connectivity index (χ2n) is 2.95. The summed E-state index contributed by atoms with van der Waals surface area (Å²) in [5.74, 6) is -1.53. The number of carbonyl (C=O) groups excluding carboxylic acids is 1. The van der Waals surface area contributed by atoms with Gasteiger partial charge in [-0.3, -0.25) is 14.5 Å². The minimum Gasteiger partial charge on any atom is -0.478 e. The molecule has 0 spiro atoms. The van der Waals surface area contributed by atoms with Gasteiger partial charge in [-0.15, -0.1) is 0 Å². The smallest absolute Gasteiger partial charge is 0.335 e. The Labute approximate surface area is 97.4 Å². The lowest BCUT2D eigenvalue weighted by molar-refractivity contribution is -0.364. The van der Waals surface area contributed by atoms with Crippen LogP contribution in [0.5, 0.6) is 0 Å². The van der Waals surface area contributed by atoms with Crippen LogP contribution in [0, 0.1) is 0 Å². The summed E-state index contributed by atoms with van der Waals surface area (Å²) in [4.78, 5) is 31.5. The van der Waals surface area contributed by atoms with E-state index in [4.69, 9.17) is 5.11 Å². The van der Waals surface area contributed by atoms with Gasteiger partial charge in [0, 0.05) is 10.9 Å². The average Bonchev–Trinajstić information content (AvgIpc) is 2.35. The van der Waals surface area contributed by atoms with Crippen LogP contribution >= 0.6 is 0 Å². The van der Waals surface area contributed by atoms with Crippen LogP contribution in [0.15, 0.2) is 24.3 Å². The molecule has 7 heteroatoms. The highest BCUT2D eigenvalue weighted by atomic mass is 17.0. The number of nitrogens with zero attached hydrogens (tertiary/aromatic N) is 1. The standard InChI is InChI=1S/C10H12N2O5/c1-16-12(17-2)11-9(13)7-3-5-8(6-4-7)10(14)15/h3-6H,1-2H3,(H,11,13)(H,14,15). The van der Waals surface area contributed by atoms with Crippen LogP contribution in [-0.2, 0) is 9.68 Å². The van der Waals surface area contributed by atoms with Crippen molar-refractivity contribution in [3.05, 3.63) is 35.4 Å². The van der Waals surface area contributed by atoms with Crippen molar-refractivity contribution in [3.8, 4) is 0 Å². The molecule has 0 aliphatic heterocycles. The van der Waals surface area contributed by atoms with E-state index in [1.54, 1.807) is 0 Å². The quantitative estimate of drug-likeness (QED) is 0.727. The van der Waals surface area contributed by atoms with Crippen LogP contribution < -0.4 is 5.43 Å². The van der Waals surface area contributed by atoms with Gasteiger partial charge in [0.2, 0.25) is 0 Å². The fourth-order valence-electron chi connectivity index (χ4n) is 1.08. The highest BCUT2D eigenvalue weighted by molar-refractivity contribution is 5.95. The number of carbonyl (C=O) groups is 2. The first-order valence-corrected chi connectivity index (χ1v) is 4.61. The summed E-state index contributed by atoms with van der Waals surface area (Å²) in [5.41, 5.74) is 2.68. The average molecular weight is 240 g/mol. The highest BCUT2D eigenvalue weighted by Crippen LogP contribution is 2.04. The lowest BCUT2D eigenvalue weighted by Crippen LogP contribution is -2.40. The second-order valence-corrected chi connectivity index (χ2v) is 2.95. The lowest BCUT2D eigenvalue weighted by atomic mass is 10.1. The van der Waals surface area contributed by atoms with E-state index in [0.717, 1.165) is 5.34 Å². The molecule has 1 amide bonds. The largest absolute Gasteiger partial charge is 0.478 e. The van der Waals surface area contributed by atoms with Gasteiger partial charge in [-0.2, -0.15) is 0 Å². The van der Waals surface area contributed by atoms with Gasteiger partial charge in [-0.05, 0) is 24.3 Å². The molecular formula is C10H12N2O5. The van der Waals surface area contributed by atoms with Crippen molar-refractivity contribution in [2.45, 2.75) is 0 Å². The van der Waals surface area contributed by atoms with Crippen LogP contribution in [-0.4, -0.2) is 36.5 Å². The third-order valence-corrected chi connectivity index (χ3v) is 1.92. The fourth-order valence-corrected chi connectivity index (χ4v) is 1.08. The topological polar surface area (TPSA) is 88.1 Å². The van der Waals surface area contributed by atoms with Crippen LogP contribution in [0.25, 0.3) is 0 Å². The maximum atomic E-state index is 11.6. The van der Waals surface area contributed by atoms with Crippen molar-refractivity contribution in [2.75, 3.05) is 14.2 Å². The van der Waals surface area contributed by atoms with Crippen molar-refractivity contribution >= 4 is 11.9 Å². The van der Waals surface area contributed by atoms with E-state index in [0.29, 0.717) is 0 Å². The molecule has 0 aliphatic rings. The van der Waals surface area contributed by atoms with E-state index >= 15 is 0 Å². The molecule has 2 N–H and O–H groups in total. The molecule has 0 heterocycles. The number of benzene rings is 1. The van der Waals surface area contributed by atoms with Gasteiger partial charge < -0.3 is 5.11 Å². The first kappa shape index (κ1) is 13.1. The number of aromatic carboxylic acids is 1. The Kier molecular flexibility index (Phi) is 4.58. The molecule has 1 aromatic rings. The molecule has 0 aromatic heterocycles. The number of carboxylic acid groups (broad SMARTS) is 1. The van der Waals surface area contributed by atoms with E-state index in [9.17, 15) is 9.59 Å². The first-order valence-electron chi connectivity index (χ1n) is 4.61. The van der Waals surface area contributed by atoms with E-state index in [2.05, 4.69) is 15.1 Å². The molecule has 0 saturated heterocycles. The predicted molar refractivity (Wildman–Crippen MR) is 56.7 cm³/mol. The molecule has 0 bridgehead atoms. The van der Waals surface area contributed by atoms with Crippen molar-refractivity contribution in [3.63, 3.8) is 0 Å². The molecule has 7 nitrogen and oxygen atoms in total. The Morgan fingerprint density at radius 1 is 1.12 bits per heavy atom. The third kappa shape index (κ3) is 3.52. The van der Waals surface area contributed by atoms with Crippen LogP contribution in [0.1, 0.15) is 20.7 Å². The Balaban J connectivity index is 2.73. The zero-order valence-electron chi connectivity index (χ0n) is 9.34. The first-order chi connectivity index (χ1) is 8.08. The molecule has 1 aromatic carbocycles. The Morgan fingerprint density at radius 3 is 2.00 bits per heavy atom. The molecule has 0 unspecified atom stereocenters. The van der Waals surface area contributed by atoms with Crippen molar-refractivity contribution in [1.82, 2.24) is 10.8 Å². The number of hydrogen-bond acceptors (Lipinski definition) is 5. The second kappa shape index (κ2) is 5.94. The monoisotopic (exact) mass is 240 g/mol. The van der Waals surface area contributed by atoms with Crippen LogP contribution in [0.4, 0.5) is 0 Å². The Bertz CT molecular complexity index is 400. The van der Waals surface area contributed by atoms with E-state index in [1.807, 2.05) is 0 Å². The highest BCUT2D eigenvalue weighted by Gasteiger charge is 2.11. The van der Waals surface area contributed by atoms with Gasteiger partial charge >= 0.3 is 5.97 Å². The molecule has 0 saturated carbocycles. The molecule has 0 atom stereocenters. The van der Waals surface area contributed by atoms with Gasteiger partial charge in [0.25, 0.3) is 5.91 Å². The Morgan fingerprint density at radius 2 is 1.59 bits per heavy atom. The summed E-state index contributed by atoms with van der Waals surface area (Å²) in [5, 5.41) is 9.46. The van der Waals surface area contributed by atoms with E-state index in [1.165, 1.54) is 38.5 Å². The number of amides is 1. The lowest BCUT2D eigenvalue weighted by Gasteiger charge is -2.16. The van der Waals surface area contributed by atoms with Gasteiger partial charge in [-0.25, -0.2) is 10.2 Å². The summed E-state index contributed by atoms with van der Waals surface area (Å²) in [6.07, 6.45) is 0. The summed E-state index contributed by atoms with van der Waals surface area (Å²) < 4.78 is 0. The molecule has 1 rings (SSSR count). The third-order valence-electron chi connectivity index (χ3n) is 1.92. The zero-order valence-corrected chi connectivity index (χ0v) is 9.34. The number of nitrogens with one attached hydrogen (secondary N) is 1. The molecule has 17 heavy (non-hydrogen) atoms. The van der Waals surface area contributed by atoms with Crippen molar-refractivity contribution < 1.29 is 24.4 Å². The normalized spacial score (nSPS) is 10.3. The Hall–Kier alpha value is -1.96. The molecule has 0 fully saturated rings. The van der Waals surface area contributed by atoms with Crippen molar-refractivity contribution in [1.29, 1.82) is 0 Å². The van der Waals surface area contributed by atoms with Crippen LogP contribution in [0.3, 0.4) is 0 Å². The van der Waals surface area contributed by atoms with Crippen LogP contribution in [0.2, 0.25) is 0 Å². The van der Waals surface area contributed by atoms with Crippen molar-refractivity contribution in [2.24, 2.45) is 0 Å². The minimum absolute atomic E-state index is 0.108. The fraction of sp³-hybridized carbons (Fsp3) is 0.200. The predicted octanol–water partition coefficient (Wildman–Crippen LogP) is 0.454. The summed E-state index contributed by atoms with van der Waals surface area (Å²) in [7, 11) is 2.63. The maximum Gasteiger partial charge on any atom is 0.335 e. The SMILES string of the molecule is CON(NC(=O)c1ccc(C(=O)O)cc1)OC. The zero-order chi connectivity index (χ0) is 12.8. The number of hydrazine groups is 1. The van der Waals surface area contributed by atoms with E-state index < -0.39 is 11.9 Å². The summed E-state index contributed by atoms with van der Waals surface area (Å²) in [6, 6.07) is 5.45. The van der Waals surface area contributed by atoms with Gasteiger partial charge in [0.1, 0.15) is 0 Å². The molecule has 0 aliphatic carbocycles. The summed E-state index contributed by atoms with van der Waals surface area (Å²) >= 11 is 0. The molecular weight excluding hydrogens is 228 g/mol. The number of rotatable bonds is 5. The van der Waals surface area contributed by atoms with Gasteiger partial charge in [-0.1, -0.05) is 0 Å². The molecule has 0 radical (unpaired) electrons. The number of carboxylic acids is 1. The van der Waals surface area contributed by atoms with Gasteiger partial charge in [0.05, 0.1) is 19.8 Å². The van der Waals surface area contributed by atoms with Gasteiger partial charge in [0.15, 0.2) is 0 Å². The molecule has 92 valence electrons. The summed E-state index contributed by atoms with van der Waals surface area (Å²) in [6.45, 7) is 0. The number of hydrogen-bond donors (Lipinski definition) is 2. The van der Waals surface area contributed by atoms with E-state index in [-0.39, 0.29) is 11.1 Å². The maximum absolute atomic E-state index is 11.6.